The van der Waals surface area contributed by atoms with Gasteiger partial charge in [0.05, 0.1) is 11.9 Å². The molecule has 4 heteroatoms. The molecule has 2 heterocycles. The van der Waals surface area contributed by atoms with Crippen molar-refractivity contribution in [1.29, 1.82) is 0 Å². The summed E-state index contributed by atoms with van der Waals surface area (Å²) in [5, 5.41) is 7.79. The molecule has 4 nitrogen and oxygen atoms in total. The van der Waals surface area contributed by atoms with E-state index < -0.39 is 0 Å². The van der Waals surface area contributed by atoms with Crippen LogP contribution in [0.25, 0.3) is 0 Å². The minimum atomic E-state index is 0.713. The minimum Gasteiger partial charge on any atom is -0.292 e. The Morgan fingerprint density at radius 1 is 1.46 bits per heavy atom. The van der Waals surface area contributed by atoms with Crippen LogP contribution >= 0.6 is 0 Å². The molecule has 0 radical (unpaired) electrons. The lowest BCUT2D eigenvalue weighted by Gasteiger charge is -2.45. The number of hydrogen-bond donors (Lipinski definition) is 0. The zero-order chi connectivity index (χ0) is 9.42. The van der Waals surface area contributed by atoms with Gasteiger partial charge in [-0.05, 0) is 20.3 Å². The molecule has 0 saturated carbocycles. The predicted octanol–water partition coefficient (Wildman–Crippen LogP) is 0.798. The third kappa shape index (κ3) is 1.46. The van der Waals surface area contributed by atoms with Gasteiger partial charge in [-0.1, -0.05) is 5.21 Å². The van der Waals surface area contributed by atoms with E-state index in [2.05, 4.69) is 29.1 Å². The molecule has 1 aromatic heterocycles. The normalized spacial score (nSPS) is 28.8. The van der Waals surface area contributed by atoms with Gasteiger partial charge in [0.15, 0.2) is 0 Å². The van der Waals surface area contributed by atoms with E-state index in [1.807, 2.05) is 17.9 Å². The zero-order valence-corrected chi connectivity index (χ0v) is 8.44. The van der Waals surface area contributed by atoms with Gasteiger partial charge in [-0.25, -0.2) is 0 Å². The molecule has 2 unspecified atom stereocenters. The van der Waals surface area contributed by atoms with Crippen molar-refractivity contribution in [2.24, 2.45) is 7.05 Å². The molecule has 1 saturated heterocycles. The third-order valence-electron chi connectivity index (χ3n) is 2.97. The number of likely N-dealkylation sites (tertiary alicyclic amines) is 1. The molecule has 2 rings (SSSR count). The van der Waals surface area contributed by atoms with E-state index in [1.54, 1.807) is 0 Å². The molecule has 0 aromatic carbocycles. The van der Waals surface area contributed by atoms with E-state index in [9.17, 15) is 0 Å². The van der Waals surface area contributed by atoms with Crippen molar-refractivity contribution in [2.45, 2.75) is 38.9 Å². The van der Waals surface area contributed by atoms with E-state index in [1.165, 1.54) is 12.1 Å². The number of nitrogens with zero attached hydrogens (tertiary/aromatic N) is 4. The van der Waals surface area contributed by atoms with Gasteiger partial charge in [0, 0.05) is 25.7 Å². The molecule has 1 fully saturated rings. The molecule has 0 amide bonds. The molecule has 1 aromatic rings. The van der Waals surface area contributed by atoms with E-state index in [-0.39, 0.29) is 0 Å². The molecule has 0 bridgehead atoms. The van der Waals surface area contributed by atoms with E-state index in [0.29, 0.717) is 12.1 Å². The van der Waals surface area contributed by atoms with Crippen molar-refractivity contribution in [3.8, 4) is 0 Å². The van der Waals surface area contributed by atoms with Crippen LogP contribution in [-0.2, 0) is 13.6 Å². The monoisotopic (exact) mass is 180 g/mol. The van der Waals surface area contributed by atoms with Crippen LogP contribution in [0.4, 0.5) is 0 Å². The smallest absolute Gasteiger partial charge is 0.0738 e. The van der Waals surface area contributed by atoms with Crippen LogP contribution in [0.15, 0.2) is 6.20 Å². The summed E-state index contributed by atoms with van der Waals surface area (Å²) in [6.45, 7) is 5.51. The van der Waals surface area contributed by atoms with Gasteiger partial charge in [-0.2, -0.15) is 0 Å². The number of aromatic nitrogens is 3. The van der Waals surface area contributed by atoms with Crippen molar-refractivity contribution in [2.75, 3.05) is 0 Å². The zero-order valence-electron chi connectivity index (χ0n) is 8.44. The topological polar surface area (TPSA) is 34.0 Å². The maximum Gasteiger partial charge on any atom is 0.0738 e. The van der Waals surface area contributed by atoms with E-state index >= 15 is 0 Å². The molecule has 2 atom stereocenters. The van der Waals surface area contributed by atoms with Crippen LogP contribution in [0, 0.1) is 0 Å². The van der Waals surface area contributed by atoms with E-state index in [0.717, 1.165) is 6.54 Å². The molecule has 1 aliphatic rings. The molecule has 72 valence electrons. The van der Waals surface area contributed by atoms with Crippen molar-refractivity contribution in [1.82, 2.24) is 19.9 Å². The molecule has 0 aliphatic carbocycles. The quantitative estimate of drug-likeness (QED) is 0.675. The summed E-state index contributed by atoms with van der Waals surface area (Å²) in [5.74, 6) is 0. The van der Waals surface area contributed by atoms with Gasteiger partial charge in [0.1, 0.15) is 0 Å². The lowest BCUT2D eigenvalue weighted by molar-refractivity contribution is 0.0273. The Bertz CT molecular complexity index is 286. The number of rotatable bonds is 2. The van der Waals surface area contributed by atoms with Crippen LogP contribution in [0.1, 0.15) is 26.0 Å². The van der Waals surface area contributed by atoms with Crippen LogP contribution in [0.2, 0.25) is 0 Å². The van der Waals surface area contributed by atoms with Crippen molar-refractivity contribution in [3.05, 3.63) is 11.9 Å². The Kier molecular flexibility index (Phi) is 2.07. The number of aryl methyl sites for hydroxylation is 1. The average Bonchev–Trinajstić information content (AvgIpc) is 2.48. The highest BCUT2D eigenvalue weighted by atomic mass is 15.4. The maximum absolute atomic E-state index is 3.92. The van der Waals surface area contributed by atoms with Crippen LogP contribution in [0.5, 0.6) is 0 Å². The van der Waals surface area contributed by atoms with Crippen molar-refractivity contribution < 1.29 is 0 Å². The van der Waals surface area contributed by atoms with Gasteiger partial charge in [0.25, 0.3) is 0 Å². The second-order valence-electron chi connectivity index (χ2n) is 3.96. The summed E-state index contributed by atoms with van der Waals surface area (Å²) in [4.78, 5) is 2.47. The lowest BCUT2D eigenvalue weighted by atomic mass is 9.95. The molecular formula is C9H16N4. The van der Waals surface area contributed by atoms with Crippen molar-refractivity contribution >= 4 is 0 Å². The molecule has 1 aliphatic heterocycles. The summed E-state index contributed by atoms with van der Waals surface area (Å²) < 4.78 is 1.84. The van der Waals surface area contributed by atoms with Crippen LogP contribution < -0.4 is 0 Å². The summed E-state index contributed by atoms with van der Waals surface area (Å²) in [6, 6.07) is 1.43. The summed E-state index contributed by atoms with van der Waals surface area (Å²) >= 11 is 0. The van der Waals surface area contributed by atoms with E-state index in [4.69, 9.17) is 0 Å². The van der Waals surface area contributed by atoms with Crippen LogP contribution in [-0.4, -0.2) is 32.0 Å². The Morgan fingerprint density at radius 3 is 2.62 bits per heavy atom. The Labute approximate surface area is 78.5 Å². The second-order valence-corrected chi connectivity index (χ2v) is 3.96. The van der Waals surface area contributed by atoms with Gasteiger partial charge in [-0.3, -0.25) is 9.58 Å². The first-order valence-corrected chi connectivity index (χ1v) is 4.78. The van der Waals surface area contributed by atoms with Gasteiger partial charge < -0.3 is 0 Å². The minimum absolute atomic E-state index is 0.713. The summed E-state index contributed by atoms with van der Waals surface area (Å²) in [5.41, 5.74) is 1.19. The standard InChI is InChI=1S/C9H16N4/c1-7-4-8(2)13(7)6-9-5-10-11-12(9)3/h5,7-8H,4,6H2,1-3H3. The predicted molar refractivity (Wildman–Crippen MR) is 50.1 cm³/mol. The Morgan fingerprint density at radius 2 is 2.15 bits per heavy atom. The fourth-order valence-corrected chi connectivity index (χ4v) is 2.01. The Hall–Kier alpha value is -0.900. The second kappa shape index (κ2) is 3.10. The largest absolute Gasteiger partial charge is 0.292 e. The van der Waals surface area contributed by atoms with Crippen molar-refractivity contribution in [3.63, 3.8) is 0 Å². The summed E-state index contributed by atoms with van der Waals surface area (Å²) in [6.07, 6.45) is 3.16. The maximum atomic E-state index is 3.92. The van der Waals surface area contributed by atoms with Gasteiger partial charge in [-0.15, -0.1) is 5.10 Å². The average molecular weight is 180 g/mol. The third-order valence-corrected chi connectivity index (χ3v) is 2.97. The first kappa shape index (κ1) is 8.69. The number of hydrogen-bond acceptors (Lipinski definition) is 3. The highest BCUT2D eigenvalue weighted by Gasteiger charge is 2.31. The highest BCUT2D eigenvalue weighted by molar-refractivity contribution is 4.98. The van der Waals surface area contributed by atoms with Crippen LogP contribution in [0.3, 0.4) is 0 Å². The fourth-order valence-electron chi connectivity index (χ4n) is 2.01. The lowest BCUT2D eigenvalue weighted by Crippen LogP contribution is -2.52. The molecule has 0 N–H and O–H groups in total. The first-order chi connectivity index (χ1) is 6.18. The molecule has 0 spiro atoms. The summed E-state index contributed by atoms with van der Waals surface area (Å²) in [7, 11) is 1.94. The van der Waals surface area contributed by atoms with Gasteiger partial charge >= 0.3 is 0 Å². The molecule has 13 heavy (non-hydrogen) atoms. The molecular weight excluding hydrogens is 164 g/mol. The first-order valence-electron chi connectivity index (χ1n) is 4.78. The SMILES string of the molecule is CC1CC(C)N1Cc1cnnn1C. The Balaban J connectivity index is 2.02. The highest BCUT2D eigenvalue weighted by Crippen LogP contribution is 2.26. The van der Waals surface area contributed by atoms with Gasteiger partial charge in [0.2, 0.25) is 0 Å². The fraction of sp³-hybridized carbons (Fsp3) is 0.778.